The SMILES string of the molecule is CCCCCC(NC)c1cscc1C. The van der Waals surface area contributed by atoms with E-state index in [1.54, 1.807) is 0 Å². The Morgan fingerprint density at radius 2 is 2.14 bits per heavy atom. The standard InChI is InChI=1S/C12H21NS/c1-4-5-6-7-12(13-3)11-9-14-8-10(11)2/h8-9,12-13H,4-7H2,1-3H3. The average molecular weight is 211 g/mol. The largest absolute Gasteiger partial charge is 0.313 e. The van der Waals surface area contributed by atoms with Crippen LogP contribution < -0.4 is 5.32 Å². The van der Waals surface area contributed by atoms with Crippen LogP contribution in [0.5, 0.6) is 0 Å². The van der Waals surface area contributed by atoms with Gasteiger partial charge in [0.25, 0.3) is 0 Å². The van der Waals surface area contributed by atoms with Crippen molar-refractivity contribution < 1.29 is 0 Å². The molecule has 14 heavy (non-hydrogen) atoms. The maximum absolute atomic E-state index is 3.41. The molecule has 1 unspecified atom stereocenters. The van der Waals surface area contributed by atoms with Crippen molar-refractivity contribution in [1.82, 2.24) is 5.32 Å². The Morgan fingerprint density at radius 3 is 2.64 bits per heavy atom. The third kappa shape index (κ3) is 3.10. The van der Waals surface area contributed by atoms with Crippen molar-refractivity contribution in [2.75, 3.05) is 7.05 Å². The van der Waals surface area contributed by atoms with E-state index in [9.17, 15) is 0 Å². The van der Waals surface area contributed by atoms with Crippen LogP contribution in [0.3, 0.4) is 0 Å². The molecule has 0 amide bonds. The third-order valence-corrected chi connectivity index (χ3v) is 3.60. The molecule has 1 aromatic rings. The van der Waals surface area contributed by atoms with Crippen LogP contribution in [0.25, 0.3) is 0 Å². The summed E-state index contributed by atoms with van der Waals surface area (Å²) in [6.07, 6.45) is 5.25. The molecule has 1 rings (SSSR count). The highest BCUT2D eigenvalue weighted by atomic mass is 32.1. The number of rotatable bonds is 6. The van der Waals surface area contributed by atoms with Gasteiger partial charge in [-0.2, -0.15) is 11.3 Å². The fourth-order valence-corrected chi connectivity index (χ4v) is 2.69. The molecule has 0 saturated heterocycles. The zero-order valence-electron chi connectivity index (χ0n) is 9.47. The van der Waals surface area contributed by atoms with Crippen LogP contribution in [-0.4, -0.2) is 7.05 Å². The summed E-state index contributed by atoms with van der Waals surface area (Å²) in [5.74, 6) is 0. The van der Waals surface area contributed by atoms with Crippen molar-refractivity contribution in [3.63, 3.8) is 0 Å². The van der Waals surface area contributed by atoms with Crippen LogP contribution in [-0.2, 0) is 0 Å². The van der Waals surface area contributed by atoms with Crippen molar-refractivity contribution in [2.24, 2.45) is 0 Å². The van der Waals surface area contributed by atoms with Crippen LogP contribution in [0.4, 0.5) is 0 Å². The number of aryl methyl sites for hydroxylation is 1. The lowest BCUT2D eigenvalue weighted by atomic mass is 10.0. The third-order valence-electron chi connectivity index (χ3n) is 2.72. The topological polar surface area (TPSA) is 12.0 Å². The van der Waals surface area contributed by atoms with Crippen molar-refractivity contribution in [1.29, 1.82) is 0 Å². The summed E-state index contributed by atoms with van der Waals surface area (Å²) in [5, 5.41) is 7.93. The van der Waals surface area contributed by atoms with Gasteiger partial charge < -0.3 is 5.32 Å². The Hall–Kier alpha value is -0.340. The average Bonchev–Trinajstić information content (AvgIpc) is 2.60. The van der Waals surface area contributed by atoms with Crippen molar-refractivity contribution >= 4 is 11.3 Å². The van der Waals surface area contributed by atoms with E-state index in [1.165, 1.54) is 36.8 Å². The Labute approximate surface area is 91.5 Å². The van der Waals surface area contributed by atoms with Gasteiger partial charge in [-0.05, 0) is 42.3 Å². The number of hydrogen-bond acceptors (Lipinski definition) is 2. The second-order valence-corrected chi connectivity index (χ2v) is 4.59. The molecule has 0 fully saturated rings. The minimum absolute atomic E-state index is 0.563. The monoisotopic (exact) mass is 211 g/mol. The highest BCUT2D eigenvalue weighted by molar-refractivity contribution is 7.08. The first-order chi connectivity index (χ1) is 6.79. The number of thiophene rings is 1. The first kappa shape index (κ1) is 11.7. The Bertz CT molecular complexity index is 255. The van der Waals surface area contributed by atoms with Gasteiger partial charge in [-0.1, -0.05) is 26.2 Å². The van der Waals surface area contributed by atoms with Gasteiger partial charge in [-0.15, -0.1) is 0 Å². The first-order valence-corrected chi connectivity index (χ1v) is 6.43. The lowest BCUT2D eigenvalue weighted by molar-refractivity contribution is 0.511. The van der Waals surface area contributed by atoms with Gasteiger partial charge in [0.15, 0.2) is 0 Å². The highest BCUT2D eigenvalue weighted by Crippen LogP contribution is 2.25. The Kier molecular flexibility index (Phi) is 5.20. The van der Waals surface area contributed by atoms with E-state index in [-0.39, 0.29) is 0 Å². The van der Waals surface area contributed by atoms with Gasteiger partial charge in [-0.25, -0.2) is 0 Å². The molecule has 1 heterocycles. The van der Waals surface area contributed by atoms with Crippen LogP contribution in [0, 0.1) is 6.92 Å². The maximum atomic E-state index is 3.41. The fourth-order valence-electron chi connectivity index (χ4n) is 1.78. The lowest BCUT2D eigenvalue weighted by Crippen LogP contribution is -2.16. The van der Waals surface area contributed by atoms with E-state index in [0.717, 1.165) is 0 Å². The molecule has 0 saturated carbocycles. The number of hydrogen-bond donors (Lipinski definition) is 1. The minimum atomic E-state index is 0.563. The molecular formula is C12H21NS. The summed E-state index contributed by atoms with van der Waals surface area (Å²) in [5.41, 5.74) is 2.93. The van der Waals surface area contributed by atoms with Gasteiger partial charge in [0.1, 0.15) is 0 Å². The predicted molar refractivity (Wildman–Crippen MR) is 65.0 cm³/mol. The molecule has 1 atom stereocenters. The minimum Gasteiger partial charge on any atom is -0.313 e. The zero-order valence-corrected chi connectivity index (χ0v) is 10.3. The van der Waals surface area contributed by atoms with E-state index in [0.29, 0.717) is 6.04 Å². The van der Waals surface area contributed by atoms with E-state index in [1.807, 2.05) is 11.3 Å². The Morgan fingerprint density at radius 1 is 1.36 bits per heavy atom. The van der Waals surface area contributed by atoms with Crippen LogP contribution in [0.1, 0.15) is 49.8 Å². The highest BCUT2D eigenvalue weighted by Gasteiger charge is 2.11. The summed E-state index contributed by atoms with van der Waals surface area (Å²) < 4.78 is 0. The number of unbranched alkanes of at least 4 members (excludes halogenated alkanes) is 2. The summed E-state index contributed by atoms with van der Waals surface area (Å²) in [7, 11) is 2.06. The summed E-state index contributed by atoms with van der Waals surface area (Å²) in [6.45, 7) is 4.46. The van der Waals surface area contributed by atoms with Gasteiger partial charge in [0.05, 0.1) is 0 Å². The summed E-state index contributed by atoms with van der Waals surface area (Å²) in [4.78, 5) is 0. The molecule has 2 heteroatoms. The van der Waals surface area contributed by atoms with Crippen molar-refractivity contribution in [3.8, 4) is 0 Å². The van der Waals surface area contributed by atoms with Crippen LogP contribution >= 0.6 is 11.3 Å². The van der Waals surface area contributed by atoms with Crippen LogP contribution in [0.15, 0.2) is 10.8 Å². The molecular weight excluding hydrogens is 190 g/mol. The molecule has 1 N–H and O–H groups in total. The van der Waals surface area contributed by atoms with Crippen molar-refractivity contribution in [2.45, 2.75) is 45.6 Å². The molecule has 0 aliphatic carbocycles. The molecule has 0 aliphatic rings. The molecule has 1 aromatic heterocycles. The Balaban J connectivity index is 2.50. The van der Waals surface area contributed by atoms with Gasteiger partial charge in [0, 0.05) is 6.04 Å². The van der Waals surface area contributed by atoms with E-state index >= 15 is 0 Å². The van der Waals surface area contributed by atoms with Crippen LogP contribution in [0.2, 0.25) is 0 Å². The zero-order chi connectivity index (χ0) is 10.4. The van der Waals surface area contributed by atoms with Gasteiger partial charge in [0.2, 0.25) is 0 Å². The lowest BCUT2D eigenvalue weighted by Gasteiger charge is -2.15. The summed E-state index contributed by atoms with van der Waals surface area (Å²) in [6, 6.07) is 0.563. The fraction of sp³-hybridized carbons (Fsp3) is 0.667. The summed E-state index contributed by atoms with van der Waals surface area (Å²) >= 11 is 1.81. The second-order valence-electron chi connectivity index (χ2n) is 3.85. The smallest absolute Gasteiger partial charge is 0.0328 e. The molecule has 80 valence electrons. The van der Waals surface area contributed by atoms with Gasteiger partial charge >= 0.3 is 0 Å². The van der Waals surface area contributed by atoms with E-state index in [4.69, 9.17) is 0 Å². The molecule has 0 radical (unpaired) electrons. The van der Waals surface area contributed by atoms with Gasteiger partial charge in [-0.3, -0.25) is 0 Å². The van der Waals surface area contributed by atoms with Crippen molar-refractivity contribution in [3.05, 3.63) is 21.9 Å². The second kappa shape index (κ2) is 6.20. The molecule has 1 nitrogen and oxygen atoms in total. The van der Waals surface area contributed by atoms with E-state index in [2.05, 4.69) is 37.0 Å². The number of nitrogens with one attached hydrogen (secondary N) is 1. The molecule has 0 aliphatic heterocycles. The quantitative estimate of drug-likeness (QED) is 0.704. The molecule has 0 aromatic carbocycles. The normalized spacial score (nSPS) is 13.1. The predicted octanol–water partition coefficient (Wildman–Crippen LogP) is 3.90. The molecule has 0 bridgehead atoms. The van der Waals surface area contributed by atoms with E-state index < -0.39 is 0 Å². The molecule has 0 spiro atoms. The first-order valence-electron chi connectivity index (χ1n) is 5.49. The maximum Gasteiger partial charge on any atom is 0.0328 e.